The minimum absolute atomic E-state index is 0.0319. The number of nitrogens with two attached hydrogens (primary N) is 1. The number of hydrogen-bond acceptors (Lipinski definition) is 5. The summed E-state index contributed by atoms with van der Waals surface area (Å²) in [5.41, 5.74) is 4.98. The molecule has 3 rings (SSSR count). The number of likely N-dealkylation sites (tertiary alicyclic amines) is 1. The molecule has 1 amide bonds. The van der Waals surface area contributed by atoms with Crippen molar-refractivity contribution in [2.24, 2.45) is 5.73 Å². The first-order valence-corrected chi connectivity index (χ1v) is 7.87. The number of pyridine rings is 1. The van der Waals surface area contributed by atoms with E-state index in [9.17, 15) is 18.0 Å². The molecule has 1 aliphatic heterocycles. The van der Waals surface area contributed by atoms with Gasteiger partial charge in [0.1, 0.15) is 0 Å². The van der Waals surface area contributed by atoms with Crippen LogP contribution in [0.15, 0.2) is 24.5 Å². The van der Waals surface area contributed by atoms with Crippen LogP contribution in [0.25, 0.3) is 5.82 Å². The Balaban J connectivity index is 1.79. The monoisotopic (exact) mass is 354 g/mol. The lowest BCUT2D eigenvalue weighted by Crippen LogP contribution is -2.47. The van der Waals surface area contributed by atoms with E-state index < -0.39 is 11.7 Å². The molecular formula is C15H17F3N6O. The van der Waals surface area contributed by atoms with Crippen molar-refractivity contribution in [3.8, 4) is 5.82 Å². The van der Waals surface area contributed by atoms with Gasteiger partial charge in [-0.1, -0.05) is 5.21 Å². The number of piperidine rings is 1. The summed E-state index contributed by atoms with van der Waals surface area (Å²) in [5.74, 6) is -0.137. The number of alkyl halides is 3. The first-order valence-electron chi connectivity index (χ1n) is 7.87. The van der Waals surface area contributed by atoms with Gasteiger partial charge in [0, 0.05) is 25.3 Å². The number of halogens is 3. The van der Waals surface area contributed by atoms with E-state index in [-0.39, 0.29) is 23.5 Å². The number of aromatic nitrogens is 4. The number of amides is 1. The number of carbonyl (C=O) groups is 1. The SMILES string of the molecule is NCC1CCCCN1C(=O)c1cn(-c2ccc(C(F)(F)F)cn2)nn1. The summed E-state index contributed by atoms with van der Waals surface area (Å²) in [6.07, 6.45) is 0.385. The molecule has 1 fully saturated rings. The van der Waals surface area contributed by atoms with Crippen LogP contribution in [0, 0.1) is 0 Å². The maximum absolute atomic E-state index is 12.6. The zero-order valence-corrected chi connectivity index (χ0v) is 13.3. The molecule has 1 aliphatic rings. The van der Waals surface area contributed by atoms with E-state index >= 15 is 0 Å². The van der Waals surface area contributed by atoms with E-state index in [0.29, 0.717) is 19.3 Å². The highest BCUT2D eigenvalue weighted by Crippen LogP contribution is 2.28. The number of carbonyl (C=O) groups excluding carboxylic acids is 1. The molecule has 2 N–H and O–H groups in total. The van der Waals surface area contributed by atoms with Crippen molar-refractivity contribution in [3.05, 3.63) is 35.8 Å². The molecule has 1 unspecified atom stereocenters. The van der Waals surface area contributed by atoms with Crippen molar-refractivity contribution in [2.75, 3.05) is 13.1 Å². The highest BCUT2D eigenvalue weighted by molar-refractivity contribution is 5.92. The van der Waals surface area contributed by atoms with Crippen LogP contribution in [0.1, 0.15) is 35.3 Å². The van der Waals surface area contributed by atoms with Gasteiger partial charge < -0.3 is 10.6 Å². The predicted molar refractivity (Wildman–Crippen MR) is 81.9 cm³/mol. The van der Waals surface area contributed by atoms with Gasteiger partial charge in [0.2, 0.25) is 0 Å². The van der Waals surface area contributed by atoms with Gasteiger partial charge in [-0.3, -0.25) is 4.79 Å². The van der Waals surface area contributed by atoms with Crippen molar-refractivity contribution >= 4 is 5.91 Å². The molecule has 0 bridgehead atoms. The first kappa shape index (κ1) is 17.3. The van der Waals surface area contributed by atoms with Gasteiger partial charge in [-0.2, -0.15) is 13.2 Å². The largest absolute Gasteiger partial charge is 0.417 e. The molecule has 2 aromatic rings. The van der Waals surface area contributed by atoms with Crippen molar-refractivity contribution < 1.29 is 18.0 Å². The highest BCUT2D eigenvalue weighted by Gasteiger charge is 2.31. The normalized spacial score (nSPS) is 18.4. The Kier molecular flexibility index (Phi) is 4.71. The van der Waals surface area contributed by atoms with E-state index in [4.69, 9.17) is 5.73 Å². The molecule has 1 saturated heterocycles. The zero-order chi connectivity index (χ0) is 18.0. The Bertz CT molecular complexity index is 742. The molecule has 0 aromatic carbocycles. The lowest BCUT2D eigenvalue weighted by Gasteiger charge is -2.34. The van der Waals surface area contributed by atoms with Gasteiger partial charge >= 0.3 is 6.18 Å². The molecule has 3 heterocycles. The van der Waals surface area contributed by atoms with Crippen molar-refractivity contribution in [3.63, 3.8) is 0 Å². The third kappa shape index (κ3) is 3.63. The fraction of sp³-hybridized carbons (Fsp3) is 0.467. The van der Waals surface area contributed by atoms with Crippen molar-refractivity contribution in [1.29, 1.82) is 0 Å². The van der Waals surface area contributed by atoms with Crippen LogP contribution < -0.4 is 5.73 Å². The molecule has 2 aromatic heterocycles. The predicted octanol–water partition coefficient (Wildman–Crippen LogP) is 1.63. The summed E-state index contributed by atoms with van der Waals surface area (Å²) in [6.45, 7) is 0.979. The van der Waals surface area contributed by atoms with E-state index in [0.717, 1.165) is 25.3 Å². The first-order chi connectivity index (χ1) is 11.9. The minimum Gasteiger partial charge on any atom is -0.333 e. The molecule has 134 valence electrons. The van der Waals surface area contributed by atoms with Crippen molar-refractivity contribution in [2.45, 2.75) is 31.5 Å². The van der Waals surface area contributed by atoms with Crippen LogP contribution in [-0.4, -0.2) is 49.9 Å². The lowest BCUT2D eigenvalue weighted by atomic mass is 10.0. The highest BCUT2D eigenvalue weighted by atomic mass is 19.4. The lowest BCUT2D eigenvalue weighted by molar-refractivity contribution is -0.137. The number of nitrogens with zero attached hydrogens (tertiary/aromatic N) is 5. The van der Waals surface area contributed by atoms with E-state index in [2.05, 4.69) is 15.3 Å². The second-order valence-corrected chi connectivity index (χ2v) is 5.84. The van der Waals surface area contributed by atoms with Gasteiger partial charge in [-0.25, -0.2) is 9.67 Å². The minimum atomic E-state index is -4.46. The second-order valence-electron chi connectivity index (χ2n) is 5.84. The molecular weight excluding hydrogens is 337 g/mol. The van der Waals surface area contributed by atoms with Crippen LogP contribution >= 0.6 is 0 Å². The quantitative estimate of drug-likeness (QED) is 0.905. The van der Waals surface area contributed by atoms with Crippen LogP contribution in [0.2, 0.25) is 0 Å². The summed E-state index contributed by atoms with van der Waals surface area (Å²) in [4.78, 5) is 18.0. The average molecular weight is 354 g/mol. The van der Waals surface area contributed by atoms with Crippen LogP contribution in [0.4, 0.5) is 13.2 Å². The van der Waals surface area contributed by atoms with Crippen LogP contribution in [0.5, 0.6) is 0 Å². The average Bonchev–Trinajstić information content (AvgIpc) is 3.10. The Morgan fingerprint density at radius 1 is 1.32 bits per heavy atom. The molecule has 0 radical (unpaired) electrons. The van der Waals surface area contributed by atoms with Gasteiger partial charge in [-0.05, 0) is 31.4 Å². The summed E-state index contributed by atoms with van der Waals surface area (Å²) in [5, 5.41) is 7.62. The summed E-state index contributed by atoms with van der Waals surface area (Å²) in [7, 11) is 0. The molecule has 1 atom stereocenters. The van der Waals surface area contributed by atoms with E-state index in [1.807, 2.05) is 0 Å². The Labute approximate surface area is 141 Å². The second kappa shape index (κ2) is 6.79. The summed E-state index contributed by atoms with van der Waals surface area (Å²) >= 11 is 0. The topological polar surface area (TPSA) is 89.9 Å². The fourth-order valence-corrected chi connectivity index (χ4v) is 2.82. The molecule has 7 nitrogen and oxygen atoms in total. The van der Waals surface area contributed by atoms with E-state index in [1.54, 1.807) is 4.90 Å². The van der Waals surface area contributed by atoms with Gasteiger partial charge in [0.05, 0.1) is 11.8 Å². The number of hydrogen-bond donors (Lipinski definition) is 1. The smallest absolute Gasteiger partial charge is 0.333 e. The maximum atomic E-state index is 12.6. The maximum Gasteiger partial charge on any atom is 0.417 e. The Hall–Kier alpha value is -2.49. The molecule has 25 heavy (non-hydrogen) atoms. The third-order valence-corrected chi connectivity index (χ3v) is 4.18. The molecule has 10 heteroatoms. The summed E-state index contributed by atoms with van der Waals surface area (Å²) in [6, 6.07) is 2.05. The van der Waals surface area contributed by atoms with Gasteiger partial charge in [-0.15, -0.1) is 5.10 Å². The third-order valence-electron chi connectivity index (χ3n) is 4.18. The van der Waals surface area contributed by atoms with Crippen LogP contribution in [-0.2, 0) is 6.18 Å². The standard InChI is InChI=1S/C15H17F3N6O/c16-15(17,18)10-4-5-13(20-8-10)24-9-12(21-22-24)14(25)23-6-2-1-3-11(23)7-19/h4-5,8-9,11H,1-3,6-7,19H2. The van der Waals surface area contributed by atoms with Crippen LogP contribution in [0.3, 0.4) is 0 Å². The molecule has 0 spiro atoms. The van der Waals surface area contributed by atoms with Crippen molar-refractivity contribution in [1.82, 2.24) is 24.9 Å². The molecule has 0 aliphatic carbocycles. The summed E-state index contributed by atoms with van der Waals surface area (Å²) < 4.78 is 38.9. The fourth-order valence-electron chi connectivity index (χ4n) is 2.82. The Morgan fingerprint density at radius 2 is 2.12 bits per heavy atom. The van der Waals surface area contributed by atoms with Gasteiger partial charge in [0.25, 0.3) is 5.91 Å². The van der Waals surface area contributed by atoms with E-state index in [1.165, 1.54) is 16.9 Å². The molecule has 0 saturated carbocycles. The van der Waals surface area contributed by atoms with Gasteiger partial charge in [0.15, 0.2) is 11.5 Å². The number of rotatable bonds is 3. The Morgan fingerprint density at radius 3 is 2.76 bits per heavy atom. The zero-order valence-electron chi connectivity index (χ0n) is 13.3.